The second-order valence-electron chi connectivity index (χ2n) is 6.81. The number of para-hydroxylation sites is 1. The molecule has 0 fully saturated rings. The van der Waals surface area contributed by atoms with Gasteiger partial charge in [0.15, 0.2) is 11.6 Å². The quantitative estimate of drug-likeness (QED) is 0.399. The molecular formula is C22H20N8O. The molecule has 0 aliphatic rings. The molecule has 31 heavy (non-hydrogen) atoms. The van der Waals surface area contributed by atoms with Crippen LogP contribution in [0.15, 0.2) is 60.7 Å². The van der Waals surface area contributed by atoms with Crippen molar-refractivity contribution in [3.05, 3.63) is 77.7 Å². The van der Waals surface area contributed by atoms with Gasteiger partial charge in [-0.05, 0) is 25.0 Å². The monoisotopic (exact) mass is 412 g/mol. The number of hydrogen-bond acceptors (Lipinski definition) is 6. The van der Waals surface area contributed by atoms with Crippen molar-refractivity contribution < 1.29 is 4.79 Å². The highest BCUT2D eigenvalue weighted by molar-refractivity contribution is 5.91. The van der Waals surface area contributed by atoms with Crippen LogP contribution in [0, 0.1) is 11.3 Å². The Hall–Kier alpha value is -4.45. The van der Waals surface area contributed by atoms with Gasteiger partial charge < -0.3 is 11.1 Å². The van der Waals surface area contributed by atoms with Crippen LogP contribution in [0.4, 0.5) is 5.82 Å². The Bertz CT molecular complexity index is 1160. The predicted molar refractivity (Wildman–Crippen MR) is 115 cm³/mol. The number of benzene rings is 2. The maximum absolute atomic E-state index is 12.7. The molecule has 0 radical (unpaired) electrons. The Labute approximate surface area is 178 Å². The summed E-state index contributed by atoms with van der Waals surface area (Å²) in [4.78, 5) is 17.2. The van der Waals surface area contributed by atoms with Gasteiger partial charge in [0, 0.05) is 12.1 Å². The van der Waals surface area contributed by atoms with E-state index in [4.69, 9.17) is 11.0 Å². The zero-order valence-electron chi connectivity index (χ0n) is 16.6. The molecule has 2 heterocycles. The van der Waals surface area contributed by atoms with Gasteiger partial charge in [0.1, 0.15) is 11.6 Å². The number of hydrogen-bond donors (Lipinski definition) is 3. The number of nitrogens with one attached hydrogen (secondary N) is 2. The summed E-state index contributed by atoms with van der Waals surface area (Å²) in [6.07, 6.45) is 1.14. The number of rotatable bonds is 7. The lowest BCUT2D eigenvalue weighted by Gasteiger charge is -2.05. The number of aromatic nitrogens is 5. The highest BCUT2D eigenvalue weighted by Crippen LogP contribution is 2.21. The van der Waals surface area contributed by atoms with E-state index in [0.717, 1.165) is 11.3 Å². The first-order chi connectivity index (χ1) is 15.2. The molecule has 1 amide bonds. The lowest BCUT2D eigenvalue weighted by Crippen LogP contribution is -2.26. The molecule has 9 nitrogen and oxygen atoms in total. The Morgan fingerprint density at radius 2 is 1.84 bits per heavy atom. The molecule has 4 rings (SSSR count). The van der Waals surface area contributed by atoms with Crippen molar-refractivity contribution in [2.45, 2.75) is 12.8 Å². The summed E-state index contributed by atoms with van der Waals surface area (Å²) >= 11 is 0. The van der Waals surface area contributed by atoms with Crippen LogP contribution >= 0.6 is 0 Å². The van der Waals surface area contributed by atoms with Gasteiger partial charge in [0.25, 0.3) is 5.91 Å². The third-order valence-corrected chi connectivity index (χ3v) is 4.71. The van der Waals surface area contributed by atoms with Gasteiger partial charge in [-0.3, -0.25) is 9.89 Å². The van der Waals surface area contributed by atoms with Gasteiger partial charge >= 0.3 is 0 Å². The minimum atomic E-state index is -0.364. The van der Waals surface area contributed by atoms with Crippen molar-refractivity contribution in [1.82, 2.24) is 30.3 Å². The third kappa shape index (κ3) is 4.28. The molecule has 0 spiro atoms. The van der Waals surface area contributed by atoms with E-state index in [1.165, 1.54) is 0 Å². The summed E-state index contributed by atoms with van der Waals surface area (Å²) in [6, 6.07) is 21.2. The molecule has 0 saturated carbocycles. The SMILES string of the molecule is N#Cc1c(N)n[nH]c1CCCNC(=O)c1nc(-c2ccccc2)n(-c2ccccc2)n1. The second kappa shape index (κ2) is 8.92. The van der Waals surface area contributed by atoms with Crippen LogP contribution in [-0.4, -0.2) is 37.4 Å². The number of aromatic amines is 1. The van der Waals surface area contributed by atoms with Gasteiger partial charge in [0.05, 0.1) is 11.4 Å². The Morgan fingerprint density at radius 1 is 1.13 bits per heavy atom. The Balaban J connectivity index is 1.48. The van der Waals surface area contributed by atoms with Crippen molar-refractivity contribution in [3.63, 3.8) is 0 Å². The first kappa shape index (κ1) is 19.8. The number of carbonyl (C=O) groups is 1. The number of amides is 1. The van der Waals surface area contributed by atoms with Gasteiger partial charge in [0.2, 0.25) is 5.82 Å². The average Bonchev–Trinajstić information content (AvgIpc) is 3.41. The van der Waals surface area contributed by atoms with Crippen LogP contribution in [0.5, 0.6) is 0 Å². The summed E-state index contributed by atoms with van der Waals surface area (Å²) in [5.41, 5.74) is 8.32. The van der Waals surface area contributed by atoms with E-state index >= 15 is 0 Å². The van der Waals surface area contributed by atoms with Crippen molar-refractivity contribution >= 4 is 11.7 Å². The van der Waals surface area contributed by atoms with Crippen LogP contribution < -0.4 is 11.1 Å². The lowest BCUT2D eigenvalue weighted by atomic mass is 10.1. The maximum Gasteiger partial charge on any atom is 0.290 e. The van der Waals surface area contributed by atoms with E-state index in [-0.39, 0.29) is 17.5 Å². The highest BCUT2D eigenvalue weighted by atomic mass is 16.2. The van der Waals surface area contributed by atoms with Crippen LogP contribution in [0.3, 0.4) is 0 Å². The number of nitrogens with two attached hydrogens (primary N) is 1. The fraction of sp³-hybridized carbons (Fsp3) is 0.136. The molecule has 4 N–H and O–H groups in total. The molecule has 0 bridgehead atoms. The molecule has 9 heteroatoms. The van der Waals surface area contributed by atoms with E-state index in [0.29, 0.717) is 36.5 Å². The van der Waals surface area contributed by atoms with E-state index in [1.807, 2.05) is 66.7 Å². The first-order valence-electron chi connectivity index (χ1n) is 9.76. The van der Waals surface area contributed by atoms with E-state index in [9.17, 15) is 4.79 Å². The summed E-state index contributed by atoms with van der Waals surface area (Å²) in [7, 11) is 0. The van der Waals surface area contributed by atoms with E-state index in [1.54, 1.807) is 4.68 Å². The molecule has 0 atom stereocenters. The van der Waals surface area contributed by atoms with Crippen LogP contribution in [0.25, 0.3) is 17.1 Å². The van der Waals surface area contributed by atoms with Crippen molar-refractivity contribution in [2.75, 3.05) is 12.3 Å². The Morgan fingerprint density at radius 3 is 2.55 bits per heavy atom. The summed E-state index contributed by atoms with van der Waals surface area (Å²) in [6.45, 7) is 0.392. The van der Waals surface area contributed by atoms with E-state index < -0.39 is 0 Å². The number of nitriles is 1. The standard InChI is InChI=1S/C22H20N8O/c23-14-17-18(27-28-19(17)24)12-7-13-25-22(31)20-26-21(15-8-3-1-4-9-15)30(29-20)16-10-5-2-6-11-16/h1-6,8-11H,7,12-13H2,(H,25,31)(H3,24,27,28). The molecule has 0 saturated heterocycles. The summed E-state index contributed by atoms with van der Waals surface area (Å²) in [5.74, 6) is 0.497. The number of carbonyl (C=O) groups excluding carboxylic acids is 1. The fourth-order valence-electron chi connectivity index (χ4n) is 3.18. The highest BCUT2D eigenvalue weighted by Gasteiger charge is 2.18. The zero-order chi connectivity index (χ0) is 21.6. The van der Waals surface area contributed by atoms with Gasteiger partial charge in [-0.15, -0.1) is 5.10 Å². The number of nitrogen functional groups attached to an aromatic ring is 1. The minimum Gasteiger partial charge on any atom is -0.381 e. The number of aryl methyl sites for hydroxylation is 1. The van der Waals surface area contributed by atoms with Crippen molar-refractivity contribution in [2.24, 2.45) is 0 Å². The largest absolute Gasteiger partial charge is 0.381 e. The van der Waals surface area contributed by atoms with Gasteiger partial charge in [-0.1, -0.05) is 48.5 Å². The molecule has 0 aliphatic heterocycles. The minimum absolute atomic E-state index is 0.0891. The second-order valence-corrected chi connectivity index (χ2v) is 6.81. The molecule has 4 aromatic rings. The summed E-state index contributed by atoms with van der Waals surface area (Å²) < 4.78 is 1.66. The molecule has 0 aliphatic carbocycles. The van der Waals surface area contributed by atoms with Crippen LogP contribution in [0.1, 0.15) is 28.3 Å². The van der Waals surface area contributed by atoms with E-state index in [2.05, 4.69) is 25.6 Å². The van der Waals surface area contributed by atoms with Crippen molar-refractivity contribution in [1.29, 1.82) is 5.26 Å². The zero-order valence-corrected chi connectivity index (χ0v) is 16.6. The molecule has 0 unspecified atom stereocenters. The van der Waals surface area contributed by atoms with Crippen molar-refractivity contribution in [3.8, 4) is 23.1 Å². The average molecular weight is 412 g/mol. The molecule has 2 aromatic carbocycles. The van der Waals surface area contributed by atoms with Crippen LogP contribution in [-0.2, 0) is 6.42 Å². The first-order valence-corrected chi connectivity index (χ1v) is 9.76. The molecule has 2 aromatic heterocycles. The number of anilines is 1. The number of nitrogens with zero attached hydrogens (tertiary/aromatic N) is 5. The maximum atomic E-state index is 12.7. The third-order valence-electron chi connectivity index (χ3n) is 4.71. The smallest absolute Gasteiger partial charge is 0.290 e. The van der Waals surface area contributed by atoms with Crippen LogP contribution in [0.2, 0.25) is 0 Å². The van der Waals surface area contributed by atoms with Gasteiger partial charge in [-0.2, -0.15) is 10.4 Å². The molecule has 154 valence electrons. The predicted octanol–water partition coefficient (Wildman–Crippen LogP) is 2.47. The fourth-order valence-corrected chi connectivity index (χ4v) is 3.18. The topological polar surface area (TPSA) is 138 Å². The number of H-pyrrole nitrogens is 1. The van der Waals surface area contributed by atoms with Gasteiger partial charge in [-0.25, -0.2) is 9.67 Å². The Kier molecular flexibility index (Phi) is 5.71. The molecular weight excluding hydrogens is 392 g/mol. The normalized spacial score (nSPS) is 10.5. The summed E-state index contributed by atoms with van der Waals surface area (Å²) in [5, 5.41) is 23.0. The lowest BCUT2D eigenvalue weighted by molar-refractivity contribution is 0.0943.